The number of benzene rings is 1. The largest absolute Gasteiger partial charge is 0.358 e. The topological polar surface area (TPSA) is 44.9 Å². The molecule has 0 spiro atoms. The summed E-state index contributed by atoms with van der Waals surface area (Å²) >= 11 is 0. The van der Waals surface area contributed by atoms with Crippen molar-refractivity contribution in [3.63, 3.8) is 0 Å². The first-order valence-corrected chi connectivity index (χ1v) is 9.53. The van der Waals surface area contributed by atoms with Crippen LogP contribution in [0.25, 0.3) is 10.9 Å². The van der Waals surface area contributed by atoms with Gasteiger partial charge in [-0.15, -0.1) is 0 Å². The Balaban J connectivity index is 1.72. The SMILES string of the molecule is CCCC[C@@H](CC)C(=O)N[C@H]1CCc2[nH]c3c(C)cccc3c2C1. The van der Waals surface area contributed by atoms with Crippen molar-refractivity contribution in [1.82, 2.24) is 10.3 Å². The third-order valence-corrected chi connectivity index (χ3v) is 5.55. The molecule has 2 atom stereocenters. The Hall–Kier alpha value is -1.77. The van der Waals surface area contributed by atoms with E-state index < -0.39 is 0 Å². The summed E-state index contributed by atoms with van der Waals surface area (Å²) in [4.78, 5) is 16.2. The van der Waals surface area contributed by atoms with Gasteiger partial charge in [-0.3, -0.25) is 4.79 Å². The Morgan fingerprint density at radius 3 is 2.96 bits per heavy atom. The van der Waals surface area contributed by atoms with Crippen LogP contribution in [0.3, 0.4) is 0 Å². The maximum absolute atomic E-state index is 12.6. The Bertz CT molecular complexity index is 716. The van der Waals surface area contributed by atoms with Gasteiger partial charge in [0.15, 0.2) is 0 Å². The van der Waals surface area contributed by atoms with E-state index in [2.05, 4.69) is 49.3 Å². The second kappa shape index (κ2) is 7.42. The highest BCUT2D eigenvalue weighted by molar-refractivity contribution is 5.87. The first-order valence-electron chi connectivity index (χ1n) is 9.53. The number of carbonyl (C=O) groups excluding carboxylic acids is 1. The molecule has 1 aliphatic carbocycles. The number of para-hydroxylation sites is 1. The lowest BCUT2D eigenvalue weighted by atomic mass is 9.90. The number of aryl methyl sites for hydroxylation is 2. The van der Waals surface area contributed by atoms with Gasteiger partial charge < -0.3 is 10.3 Å². The van der Waals surface area contributed by atoms with E-state index in [0.29, 0.717) is 0 Å². The minimum Gasteiger partial charge on any atom is -0.358 e. The van der Waals surface area contributed by atoms with Crippen LogP contribution in [0.1, 0.15) is 62.8 Å². The zero-order valence-corrected chi connectivity index (χ0v) is 15.2. The molecular weight excluding hydrogens is 296 g/mol. The molecule has 24 heavy (non-hydrogen) atoms. The molecule has 0 bridgehead atoms. The van der Waals surface area contributed by atoms with Gasteiger partial charge in [-0.1, -0.05) is 44.9 Å². The van der Waals surface area contributed by atoms with Crippen LogP contribution < -0.4 is 5.32 Å². The highest BCUT2D eigenvalue weighted by Crippen LogP contribution is 2.31. The zero-order valence-electron chi connectivity index (χ0n) is 15.2. The van der Waals surface area contributed by atoms with E-state index in [1.807, 2.05) is 0 Å². The van der Waals surface area contributed by atoms with Crippen LogP contribution in [0.5, 0.6) is 0 Å². The lowest BCUT2D eigenvalue weighted by Gasteiger charge is -2.26. The average Bonchev–Trinajstić information content (AvgIpc) is 2.95. The third kappa shape index (κ3) is 3.35. The predicted octanol–water partition coefficient (Wildman–Crippen LogP) is 4.67. The van der Waals surface area contributed by atoms with E-state index in [1.165, 1.54) is 27.7 Å². The summed E-state index contributed by atoms with van der Waals surface area (Å²) in [5.74, 6) is 0.437. The van der Waals surface area contributed by atoms with Gasteiger partial charge in [-0.05, 0) is 50.2 Å². The molecule has 3 heteroatoms. The summed E-state index contributed by atoms with van der Waals surface area (Å²) in [7, 11) is 0. The molecule has 1 aromatic heterocycles. The third-order valence-electron chi connectivity index (χ3n) is 5.55. The number of aromatic nitrogens is 1. The number of hydrogen-bond acceptors (Lipinski definition) is 1. The van der Waals surface area contributed by atoms with E-state index in [-0.39, 0.29) is 17.9 Å². The van der Waals surface area contributed by atoms with E-state index >= 15 is 0 Å². The molecule has 0 radical (unpaired) electrons. The molecule has 130 valence electrons. The Labute approximate surface area is 145 Å². The standard InChI is InChI=1S/C21H30N2O/c1-4-6-9-15(5-2)21(24)22-16-11-12-19-18(13-16)17-10-7-8-14(3)20(17)23-19/h7-8,10,15-16,23H,4-6,9,11-13H2,1-3H3,(H,22,24)/t15-,16+/m1/s1. The second-order valence-electron chi connectivity index (χ2n) is 7.28. The molecule has 1 aromatic carbocycles. The van der Waals surface area contributed by atoms with Crippen LogP contribution >= 0.6 is 0 Å². The lowest BCUT2D eigenvalue weighted by molar-refractivity contribution is -0.126. The van der Waals surface area contributed by atoms with Gasteiger partial charge in [0.25, 0.3) is 0 Å². The number of aromatic amines is 1. The molecule has 1 heterocycles. The maximum atomic E-state index is 12.6. The van der Waals surface area contributed by atoms with E-state index in [4.69, 9.17) is 0 Å². The first kappa shape index (κ1) is 17.1. The molecule has 3 nitrogen and oxygen atoms in total. The van der Waals surface area contributed by atoms with Gasteiger partial charge in [0.05, 0.1) is 0 Å². The second-order valence-corrected chi connectivity index (χ2v) is 7.28. The first-order chi connectivity index (χ1) is 11.6. The van der Waals surface area contributed by atoms with Crippen molar-refractivity contribution < 1.29 is 4.79 Å². The van der Waals surface area contributed by atoms with Crippen molar-refractivity contribution in [2.45, 2.75) is 71.8 Å². The molecular formula is C21H30N2O. The fraction of sp³-hybridized carbons (Fsp3) is 0.571. The minimum atomic E-state index is 0.177. The molecule has 1 amide bonds. The Kier molecular flexibility index (Phi) is 5.27. The van der Waals surface area contributed by atoms with Crippen LogP contribution in [0.2, 0.25) is 0 Å². The minimum absolute atomic E-state index is 0.177. The van der Waals surface area contributed by atoms with E-state index in [9.17, 15) is 4.79 Å². The Morgan fingerprint density at radius 1 is 1.38 bits per heavy atom. The van der Waals surface area contributed by atoms with Gasteiger partial charge in [0, 0.05) is 28.6 Å². The number of H-pyrrole nitrogens is 1. The number of hydrogen-bond donors (Lipinski definition) is 2. The number of amides is 1. The monoisotopic (exact) mass is 326 g/mol. The van der Waals surface area contributed by atoms with E-state index in [0.717, 1.165) is 44.9 Å². The van der Waals surface area contributed by atoms with Crippen LogP contribution in [0.4, 0.5) is 0 Å². The van der Waals surface area contributed by atoms with Crippen molar-refractivity contribution in [3.05, 3.63) is 35.0 Å². The summed E-state index contributed by atoms with van der Waals surface area (Å²) in [5, 5.41) is 4.67. The van der Waals surface area contributed by atoms with Crippen molar-refractivity contribution >= 4 is 16.8 Å². The summed E-state index contributed by atoms with van der Waals surface area (Å²) in [6.07, 6.45) is 7.27. The van der Waals surface area contributed by atoms with Crippen LogP contribution in [0.15, 0.2) is 18.2 Å². The Morgan fingerprint density at radius 2 is 2.21 bits per heavy atom. The van der Waals surface area contributed by atoms with Gasteiger partial charge in [0.2, 0.25) is 5.91 Å². The highest BCUT2D eigenvalue weighted by Gasteiger charge is 2.26. The fourth-order valence-corrected chi connectivity index (χ4v) is 4.00. The summed E-state index contributed by atoms with van der Waals surface area (Å²) < 4.78 is 0. The molecule has 1 aliphatic rings. The summed E-state index contributed by atoms with van der Waals surface area (Å²) in [6.45, 7) is 6.47. The molecule has 0 fully saturated rings. The molecule has 0 aliphatic heterocycles. The summed E-state index contributed by atoms with van der Waals surface area (Å²) in [6, 6.07) is 6.77. The van der Waals surface area contributed by atoms with Crippen molar-refractivity contribution in [1.29, 1.82) is 0 Å². The van der Waals surface area contributed by atoms with Crippen molar-refractivity contribution in [3.8, 4) is 0 Å². The highest BCUT2D eigenvalue weighted by atomic mass is 16.1. The molecule has 0 saturated carbocycles. The van der Waals surface area contributed by atoms with Crippen molar-refractivity contribution in [2.75, 3.05) is 0 Å². The van der Waals surface area contributed by atoms with Crippen LogP contribution in [-0.2, 0) is 17.6 Å². The molecule has 0 saturated heterocycles. The quantitative estimate of drug-likeness (QED) is 0.796. The van der Waals surface area contributed by atoms with Crippen molar-refractivity contribution in [2.24, 2.45) is 5.92 Å². The van der Waals surface area contributed by atoms with Gasteiger partial charge in [-0.2, -0.15) is 0 Å². The number of carbonyl (C=O) groups is 1. The molecule has 0 unspecified atom stereocenters. The van der Waals surface area contributed by atoms with Gasteiger partial charge >= 0.3 is 0 Å². The number of nitrogens with one attached hydrogen (secondary N) is 2. The maximum Gasteiger partial charge on any atom is 0.223 e. The fourth-order valence-electron chi connectivity index (χ4n) is 4.00. The molecule has 3 rings (SSSR count). The average molecular weight is 326 g/mol. The zero-order chi connectivity index (χ0) is 17.1. The van der Waals surface area contributed by atoms with Crippen LogP contribution in [0, 0.1) is 12.8 Å². The normalized spacial score (nSPS) is 18.4. The number of rotatable bonds is 6. The van der Waals surface area contributed by atoms with Crippen LogP contribution in [-0.4, -0.2) is 16.9 Å². The molecule has 2 N–H and O–H groups in total. The predicted molar refractivity (Wildman–Crippen MR) is 100 cm³/mol. The lowest BCUT2D eigenvalue weighted by Crippen LogP contribution is -2.41. The number of fused-ring (bicyclic) bond motifs is 3. The smallest absolute Gasteiger partial charge is 0.223 e. The van der Waals surface area contributed by atoms with E-state index in [1.54, 1.807) is 0 Å². The van der Waals surface area contributed by atoms with Gasteiger partial charge in [0.1, 0.15) is 0 Å². The van der Waals surface area contributed by atoms with Gasteiger partial charge in [-0.25, -0.2) is 0 Å². The summed E-state index contributed by atoms with van der Waals surface area (Å²) in [5.41, 5.74) is 5.34. The molecule has 2 aromatic rings. The number of unbranched alkanes of at least 4 members (excludes halogenated alkanes) is 1.